The monoisotopic (exact) mass is 468 g/mol. The van der Waals surface area contributed by atoms with Gasteiger partial charge in [-0.25, -0.2) is 4.99 Å². The lowest BCUT2D eigenvalue weighted by Crippen LogP contribution is -2.42. The molecular weight excluding hydrogens is 435 g/mol. The Bertz CT molecular complexity index is 585. The molecule has 2 aliphatic rings. The molecule has 0 radical (unpaired) electrons. The van der Waals surface area contributed by atoms with Crippen LogP contribution >= 0.6 is 24.0 Å². The molecule has 3 rings (SSSR count). The maximum atomic E-state index is 4.85. The Hall–Kier alpha value is -1.08. The van der Waals surface area contributed by atoms with Crippen LogP contribution in [0.1, 0.15) is 50.2 Å². The summed E-state index contributed by atoms with van der Waals surface area (Å²) in [6.07, 6.45) is 10.7. The van der Waals surface area contributed by atoms with Gasteiger partial charge >= 0.3 is 0 Å². The first kappa shape index (κ1) is 21.2. The van der Waals surface area contributed by atoms with Crippen LogP contribution in [0.4, 0.5) is 0 Å². The highest BCUT2D eigenvalue weighted by Gasteiger charge is 2.13. The van der Waals surface area contributed by atoms with E-state index < -0.39 is 0 Å². The molecule has 0 spiro atoms. The Morgan fingerprint density at radius 2 is 1.77 bits per heavy atom. The van der Waals surface area contributed by atoms with Gasteiger partial charge in [0.05, 0.1) is 6.54 Å². The van der Waals surface area contributed by atoms with Crippen LogP contribution in [-0.4, -0.2) is 36.5 Å². The minimum absolute atomic E-state index is 0. The van der Waals surface area contributed by atoms with Crippen LogP contribution in [0.2, 0.25) is 0 Å². The second-order valence-electron chi connectivity index (χ2n) is 7.08. The first-order valence-corrected chi connectivity index (χ1v) is 9.84. The summed E-state index contributed by atoms with van der Waals surface area (Å²) < 4.78 is 0. The lowest BCUT2D eigenvalue weighted by molar-refractivity contribution is 0.220. The van der Waals surface area contributed by atoms with Crippen LogP contribution in [0.15, 0.2) is 41.4 Å². The summed E-state index contributed by atoms with van der Waals surface area (Å²) in [5.74, 6) is 0.934. The van der Waals surface area contributed by atoms with Crippen molar-refractivity contribution in [3.63, 3.8) is 0 Å². The summed E-state index contributed by atoms with van der Waals surface area (Å²) in [7, 11) is 0. The molecule has 1 aliphatic heterocycles. The van der Waals surface area contributed by atoms with E-state index in [9.17, 15) is 0 Å². The van der Waals surface area contributed by atoms with Gasteiger partial charge in [-0.15, -0.1) is 24.0 Å². The van der Waals surface area contributed by atoms with Crippen LogP contribution in [0.5, 0.6) is 0 Å². The first-order chi connectivity index (χ1) is 12.3. The fourth-order valence-electron chi connectivity index (χ4n) is 3.64. The van der Waals surface area contributed by atoms with Crippen LogP contribution in [0, 0.1) is 0 Å². The van der Waals surface area contributed by atoms with Gasteiger partial charge in [-0.05, 0) is 56.8 Å². The number of halogens is 1. The second-order valence-corrected chi connectivity index (χ2v) is 7.08. The number of piperidine rings is 1. The third-order valence-electron chi connectivity index (χ3n) is 5.06. The summed E-state index contributed by atoms with van der Waals surface area (Å²) in [4.78, 5) is 7.43. The molecule has 1 fully saturated rings. The third kappa shape index (κ3) is 6.58. The van der Waals surface area contributed by atoms with Gasteiger partial charge < -0.3 is 10.6 Å². The zero-order valence-corrected chi connectivity index (χ0v) is 18.2. The van der Waals surface area contributed by atoms with Crippen LogP contribution in [-0.2, 0) is 13.1 Å². The molecule has 1 aromatic rings. The average molecular weight is 468 g/mol. The summed E-state index contributed by atoms with van der Waals surface area (Å²) in [5.41, 5.74) is 2.77. The summed E-state index contributed by atoms with van der Waals surface area (Å²) in [6.45, 7) is 7.27. The van der Waals surface area contributed by atoms with E-state index in [2.05, 4.69) is 58.9 Å². The number of likely N-dealkylation sites (tertiary alicyclic amines) is 1. The Morgan fingerprint density at radius 3 is 2.46 bits per heavy atom. The molecule has 0 aromatic heterocycles. The zero-order valence-electron chi connectivity index (χ0n) is 15.9. The molecule has 0 bridgehead atoms. The fourth-order valence-corrected chi connectivity index (χ4v) is 3.64. The summed E-state index contributed by atoms with van der Waals surface area (Å²) >= 11 is 0. The molecule has 5 heteroatoms. The first-order valence-electron chi connectivity index (χ1n) is 9.84. The van der Waals surface area contributed by atoms with E-state index in [1.54, 1.807) is 0 Å². The minimum Gasteiger partial charge on any atom is -0.357 e. The van der Waals surface area contributed by atoms with Gasteiger partial charge in [0, 0.05) is 19.1 Å². The molecule has 0 amide bonds. The quantitative estimate of drug-likeness (QED) is 0.286. The molecule has 0 saturated carbocycles. The molecule has 26 heavy (non-hydrogen) atoms. The molecule has 144 valence electrons. The van der Waals surface area contributed by atoms with Crippen molar-refractivity contribution in [2.45, 2.75) is 58.2 Å². The zero-order chi connectivity index (χ0) is 17.3. The Morgan fingerprint density at radius 1 is 1.08 bits per heavy atom. The van der Waals surface area contributed by atoms with Crippen molar-refractivity contribution in [3.8, 4) is 0 Å². The van der Waals surface area contributed by atoms with Gasteiger partial charge in [-0.3, -0.25) is 4.90 Å². The van der Waals surface area contributed by atoms with E-state index in [4.69, 9.17) is 4.99 Å². The van der Waals surface area contributed by atoms with Crippen LogP contribution in [0.25, 0.3) is 0 Å². The maximum Gasteiger partial charge on any atom is 0.191 e. The average Bonchev–Trinajstić information content (AvgIpc) is 3.15. The van der Waals surface area contributed by atoms with E-state index in [0.717, 1.165) is 38.4 Å². The van der Waals surface area contributed by atoms with Crippen LogP contribution < -0.4 is 10.6 Å². The van der Waals surface area contributed by atoms with Crippen molar-refractivity contribution >= 4 is 29.9 Å². The number of benzene rings is 1. The highest BCUT2D eigenvalue weighted by atomic mass is 127. The number of rotatable bonds is 6. The fraction of sp³-hybridized carbons (Fsp3) is 0.571. The third-order valence-corrected chi connectivity index (χ3v) is 5.06. The SMILES string of the molecule is CCNC(=NCc1ccccc1CN1CCCCC1)NC1CC=CC1.I. The van der Waals surface area contributed by atoms with Gasteiger partial charge in [0.15, 0.2) is 5.96 Å². The lowest BCUT2D eigenvalue weighted by Gasteiger charge is -2.27. The van der Waals surface area contributed by atoms with Gasteiger partial charge in [-0.1, -0.05) is 42.8 Å². The number of guanidine groups is 1. The number of nitrogens with zero attached hydrogens (tertiary/aromatic N) is 2. The molecule has 2 N–H and O–H groups in total. The Balaban J connectivity index is 0.00000243. The van der Waals surface area contributed by atoms with Crippen molar-refractivity contribution in [2.24, 2.45) is 4.99 Å². The summed E-state index contributed by atoms with van der Waals surface area (Å²) in [5, 5.41) is 6.94. The van der Waals surface area contributed by atoms with Gasteiger partial charge in [0.2, 0.25) is 0 Å². The van der Waals surface area contributed by atoms with Crippen LogP contribution in [0.3, 0.4) is 0 Å². The van der Waals surface area contributed by atoms with E-state index >= 15 is 0 Å². The topological polar surface area (TPSA) is 39.7 Å². The van der Waals surface area contributed by atoms with Crippen molar-refractivity contribution < 1.29 is 0 Å². The number of nitrogens with one attached hydrogen (secondary N) is 2. The molecular formula is C21H33IN4. The van der Waals surface area contributed by atoms with Crippen molar-refractivity contribution in [1.29, 1.82) is 0 Å². The predicted molar refractivity (Wildman–Crippen MR) is 121 cm³/mol. The smallest absolute Gasteiger partial charge is 0.191 e. The Labute approximate surface area is 175 Å². The Kier molecular flexibility index (Phi) is 9.46. The second kappa shape index (κ2) is 11.6. The van der Waals surface area contributed by atoms with Gasteiger partial charge in [-0.2, -0.15) is 0 Å². The van der Waals surface area contributed by atoms with Gasteiger partial charge in [0.1, 0.15) is 0 Å². The number of hydrogen-bond donors (Lipinski definition) is 2. The largest absolute Gasteiger partial charge is 0.357 e. The molecule has 1 aromatic carbocycles. The summed E-state index contributed by atoms with van der Waals surface area (Å²) in [6, 6.07) is 9.26. The molecule has 0 atom stereocenters. The van der Waals surface area contributed by atoms with Crippen molar-refractivity contribution in [3.05, 3.63) is 47.5 Å². The molecule has 1 heterocycles. The van der Waals surface area contributed by atoms with Gasteiger partial charge in [0.25, 0.3) is 0 Å². The minimum atomic E-state index is 0. The molecule has 4 nitrogen and oxygen atoms in total. The molecule has 1 aliphatic carbocycles. The van der Waals surface area contributed by atoms with E-state index in [-0.39, 0.29) is 24.0 Å². The van der Waals surface area contributed by atoms with Crippen molar-refractivity contribution in [1.82, 2.24) is 15.5 Å². The number of aliphatic imine (C=N–C) groups is 1. The molecule has 0 unspecified atom stereocenters. The highest BCUT2D eigenvalue weighted by Crippen LogP contribution is 2.17. The maximum absolute atomic E-state index is 4.85. The standard InChI is InChI=1S/C21H32N4.HI/c1-2-22-21(24-20-12-6-7-13-20)23-16-18-10-4-5-11-19(18)17-25-14-8-3-9-15-25;/h4-7,10-11,20H,2-3,8-9,12-17H2,1H3,(H2,22,23,24);1H. The normalized spacial score (nSPS) is 18.6. The number of hydrogen-bond acceptors (Lipinski definition) is 2. The highest BCUT2D eigenvalue weighted by molar-refractivity contribution is 14.0. The van der Waals surface area contributed by atoms with E-state index in [1.807, 2.05) is 0 Å². The lowest BCUT2D eigenvalue weighted by atomic mass is 10.1. The molecule has 1 saturated heterocycles. The van der Waals surface area contributed by atoms with E-state index in [0.29, 0.717) is 6.04 Å². The van der Waals surface area contributed by atoms with Crippen molar-refractivity contribution in [2.75, 3.05) is 19.6 Å². The predicted octanol–water partition coefficient (Wildman–Crippen LogP) is 4.06. The van der Waals surface area contributed by atoms with E-state index in [1.165, 1.54) is 43.5 Å².